The van der Waals surface area contributed by atoms with Crippen LogP contribution >= 0.6 is 0 Å². The Bertz CT molecular complexity index is 270. The van der Waals surface area contributed by atoms with Gasteiger partial charge in [-0.15, -0.1) is 0 Å². The highest BCUT2D eigenvalue weighted by atomic mass is 19.4. The van der Waals surface area contributed by atoms with Gasteiger partial charge in [-0.05, 0) is 13.0 Å². The third-order valence-corrected chi connectivity index (χ3v) is 1.64. The van der Waals surface area contributed by atoms with E-state index in [9.17, 15) is 22.8 Å². The summed E-state index contributed by atoms with van der Waals surface area (Å²) in [5, 5.41) is 10.5. The van der Waals surface area contributed by atoms with Crippen LogP contribution in [0.2, 0.25) is 0 Å². The van der Waals surface area contributed by atoms with Gasteiger partial charge in [0.1, 0.15) is 13.1 Å². The van der Waals surface area contributed by atoms with Crippen LogP contribution in [0.5, 0.6) is 0 Å². The normalized spacial score (nSPS) is 11.1. The summed E-state index contributed by atoms with van der Waals surface area (Å²) < 4.78 is 36.2. The Morgan fingerprint density at radius 1 is 1.35 bits per heavy atom. The first-order valence-electron chi connectivity index (χ1n) is 4.77. The average molecular weight is 257 g/mol. The van der Waals surface area contributed by atoms with Gasteiger partial charge in [-0.2, -0.15) is 13.2 Å². The molecule has 4 N–H and O–H groups in total. The van der Waals surface area contributed by atoms with Crippen LogP contribution in [0, 0.1) is 0 Å². The molecule has 0 saturated carbocycles. The molecule has 0 saturated heterocycles. The molecule has 0 spiro atoms. The van der Waals surface area contributed by atoms with Crippen LogP contribution in [0.15, 0.2) is 0 Å². The first-order chi connectivity index (χ1) is 7.76. The molecule has 100 valence electrons. The third-order valence-electron chi connectivity index (χ3n) is 1.64. The molecule has 6 nitrogen and oxygen atoms in total. The van der Waals surface area contributed by atoms with Crippen LogP contribution in [0.1, 0.15) is 6.42 Å². The quantitative estimate of drug-likeness (QED) is 0.583. The highest BCUT2D eigenvalue weighted by Crippen LogP contribution is 2.16. The molecule has 0 aromatic rings. The summed E-state index contributed by atoms with van der Waals surface area (Å²) in [7, 11) is 0. The fourth-order valence-corrected chi connectivity index (χ4v) is 0.988. The lowest BCUT2D eigenvalue weighted by Crippen LogP contribution is -2.47. The number of aliphatic carboxylic acids is 1. The maximum absolute atomic E-state index is 12.1. The molecule has 0 aromatic heterocycles. The van der Waals surface area contributed by atoms with E-state index in [1.165, 1.54) is 0 Å². The molecule has 0 heterocycles. The first kappa shape index (κ1) is 15.5. The molecule has 0 bridgehead atoms. The summed E-state index contributed by atoms with van der Waals surface area (Å²) in [6, 6.07) is -1.07. The Kier molecular flexibility index (Phi) is 6.33. The van der Waals surface area contributed by atoms with Crippen molar-refractivity contribution in [3.8, 4) is 0 Å². The maximum Gasteiger partial charge on any atom is 0.406 e. The van der Waals surface area contributed by atoms with Crippen molar-refractivity contribution in [2.45, 2.75) is 12.6 Å². The largest absolute Gasteiger partial charge is 0.480 e. The standard InChI is InChI=1S/C8H14F3N3O3/c9-8(10,11)5-14(4-6(15)16)7(17)13-3-1-2-12/h1-5,12H2,(H,13,17)(H,15,16). The SMILES string of the molecule is NCCCNC(=O)N(CC(=O)O)CC(F)(F)F. The molecular weight excluding hydrogens is 243 g/mol. The van der Waals surface area contributed by atoms with Gasteiger partial charge >= 0.3 is 18.2 Å². The van der Waals surface area contributed by atoms with Gasteiger partial charge in [0.15, 0.2) is 0 Å². The molecule has 0 atom stereocenters. The second kappa shape index (κ2) is 6.94. The van der Waals surface area contributed by atoms with Crippen molar-refractivity contribution in [3.05, 3.63) is 0 Å². The lowest BCUT2D eigenvalue weighted by molar-refractivity contribution is -0.148. The van der Waals surface area contributed by atoms with Gasteiger partial charge in [0.05, 0.1) is 0 Å². The zero-order valence-corrected chi connectivity index (χ0v) is 8.96. The number of amides is 2. The van der Waals surface area contributed by atoms with Gasteiger partial charge in [0.2, 0.25) is 0 Å². The van der Waals surface area contributed by atoms with Crippen molar-refractivity contribution in [1.29, 1.82) is 0 Å². The molecular formula is C8H14F3N3O3. The summed E-state index contributed by atoms with van der Waals surface area (Å²) in [6.45, 7) is -2.23. The van der Waals surface area contributed by atoms with E-state index in [0.29, 0.717) is 6.42 Å². The zero-order valence-electron chi connectivity index (χ0n) is 8.96. The number of carbonyl (C=O) groups excluding carboxylic acids is 1. The number of alkyl halides is 3. The Morgan fingerprint density at radius 3 is 2.35 bits per heavy atom. The Hall–Kier alpha value is -1.51. The van der Waals surface area contributed by atoms with E-state index < -0.39 is 31.3 Å². The molecule has 0 fully saturated rings. The number of hydrogen-bond acceptors (Lipinski definition) is 3. The van der Waals surface area contributed by atoms with E-state index in [4.69, 9.17) is 10.8 Å². The number of urea groups is 1. The number of nitrogens with two attached hydrogens (primary N) is 1. The van der Waals surface area contributed by atoms with Gasteiger partial charge in [0.25, 0.3) is 0 Å². The summed E-state index contributed by atoms with van der Waals surface area (Å²) in [6.07, 6.45) is -4.24. The molecule has 0 aliphatic heterocycles. The first-order valence-corrected chi connectivity index (χ1v) is 4.77. The minimum atomic E-state index is -4.64. The van der Waals surface area contributed by atoms with Crippen LogP contribution in [-0.2, 0) is 4.79 Å². The molecule has 0 unspecified atom stereocenters. The fourth-order valence-electron chi connectivity index (χ4n) is 0.988. The second-order valence-electron chi connectivity index (χ2n) is 3.24. The number of carbonyl (C=O) groups is 2. The van der Waals surface area contributed by atoms with Gasteiger partial charge in [-0.25, -0.2) is 4.79 Å². The molecule has 0 aliphatic rings. The van der Waals surface area contributed by atoms with Crippen molar-refractivity contribution in [2.24, 2.45) is 5.73 Å². The van der Waals surface area contributed by atoms with Crippen LogP contribution in [0.4, 0.5) is 18.0 Å². The van der Waals surface area contributed by atoms with Crippen molar-refractivity contribution in [1.82, 2.24) is 10.2 Å². The van der Waals surface area contributed by atoms with E-state index in [-0.39, 0.29) is 18.0 Å². The number of nitrogens with zero attached hydrogens (tertiary/aromatic N) is 1. The van der Waals surface area contributed by atoms with Crippen LogP contribution in [0.25, 0.3) is 0 Å². The second-order valence-corrected chi connectivity index (χ2v) is 3.24. The minimum Gasteiger partial charge on any atom is -0.480 e. The summed E-state index contributed by atoms with van der Waals surface area (Å²) in [4.78, 5) is 21.7. The lowest BCUT2D eigenvalue weighted by atomic mass is 10.4. The number of rotatable bonds is 6. The van der Waals surface area contributed by atoms with Crippen molar-refractivity contribution in [3.63, 3.8) is 0 Å². The van der Waals surface area contributed by atoms with E-state index >= 15 is 0 Å². The van der Waals surface area contributed by atoms with Crippen LogP contribution in [0.3, 0.4) is 0 Å². The van der Waals surface area contributed by atoms with Gasteiger partial charge in [0, 0.05) is 6.54 Å². The number of halogens is 3. The molecule has 2 amide bonds. The molecule has 9 heteroatoms. The van der Waals surface area contributed by atoms with Crippen molar-refractivity contribution >= 4 is 12.0 Å². The fraction of sp³-hybridized carbons (Fsp3) is 0.750. The van der Waals surface area contributed by atoms with Gasteiger partial charge < -0.3 is 21.1 Å². The van der Waals surface area contributed by atoms with Crippen molar-refractivity contribution < 1.29 is 27.9 Å². The molecule has 0 rings (SSSR count). The predicted molar refractivity (Wildman–Crippen MR) is 52.3 cm³/mol. The van der Waals surface area contributed by atoms with Crippen LogP contribution < -0.4 is 11.1 Å². The number of carboxylic acid groups (broad SMARTS) is 1. The smallest absolute Gasteiger partial charge is 0.406 e. The monoisotopic (exact) mass is 257 g/mol. The summed E-state index contributed by atoms with van der Waals surface area (Å²) >= 11 is 0. The highest BCUT2D eigenvalue weighted by Gasteiger charge is 2.33. The summed E-state index contributed by atoms with van der Waals surface area (Å²) in [5.41, 5.74) is 5.13. The molecule has 0 aliphatic carbocycles. The number of nitrogens with one attached hydrogen (secondary N) is 1. The van der Waals surface area contributed by atoms with Gasteiger partial charge in [-0.3, -0.25) is 4.79 Å². The van der Waals surface area contributed by atoms with E-state index in [2.05, 4.69) is 5.32 Å². The van der Waals surface area contributed by atoms with E-state index in [0.717, 1.165) is 0 Å². The lowest BCUT2D eigenvalue weighted by Gasteiger charge is -2.22. The number of hydrogen-bond donors (Lipinski definition) is 3. The minimum absolute atomic E-state index is 0.101. The van der Waals surface area contributed by atoms with Crippen LogP contribution in [-0.4, -0.2) is 54.4 Å². The van der Waals surface area contributed by atoms with Crippen molar-refractivity contribution in [2.75, 3.05) is 26.2 Å². The molecule has 0 radical (unpaired) electrons. The number of carboxylic acids is 1. The topological polar surface area (TPSA) is 95.7 Å². The van der Waals surface area contributed by atoms with Gasteiger partial charge in [-0.1, -0.05) is 0 Å². The van der Waals surface area contributed by atoms with E-state index in [1.807, 2.05) is 0 Å². The highest BCUT2D eigenvalue weighted by molar-refractivity contribution is 5.80. The summed E-state index contributed by atoms with van der Waals surface area (Å²) in [5.74, 6) is -1.51. The average Bonchev–Trinajstić information content (AvgIpc) is 2.14. The Labute approximate surface area is 95.6 Å². The Balaban J connectivity index is 4.35. The Morgan fingerprint density at radius 2 is 1.94 bits per heavy atom. The predicted octanol–water partition coefficient (Wildman–Crippen LogP) is -0.00630. The van der Waals surface area contributed by atoms with E-state index in [1.54, 1.807) is 0 Å². The molecule has 0 aromatic carbocycles. The maximum atomic E-state index is 12.1. The zero-order chi connectivity index (χ0) is 13.5. The third kappa shape index (κ3) is 8.31. The molecule has 17 heavy (non-hydrogen) atoms.